The molecule has 1 saturated heterocycles. The van der Waals surface area contributed by atoms with Crippen LogP contribution in [0.1, 0.15) is 37.0 Å². The van der Waals surface area contributed by atoms with Crippen LogP contribution in [0.5, 0.6) is 0 Å². The Kier molecular flexibility index (Phi) is 4.91. The van der Waals surface area contributed by atoms with Crippen LogP contribution in [0.25, 0.3) is 0 Å². The first-order valence-electron chi connectivity index (χ1n) is 6.90. The average molecular weight is 278 g/mol. The van der Waals surface area contributed by atoms with Gasteiger partial charge in [-0.3, -0.25) is 0 Å². The van der Waals surface area contributed by atoms with Crippen LogP contribution in [0.2, 0.25) is 0 Å². The van der Waals surface area contributed by atoms with Crippen molar-refractivity contribution >= 4 is 17.2 Å². The largest absolute Gasteiger partial charge is 0.389 e. The minimum atomic E-state index is -0.434. The fraction of sp³-hybridized carbons (Fsp3) is 0.533. The zero-order valence-corrected chi connectivity index (χ0v) is 12.2. The summed E-state index contributed by atoms with van der Waals surface area (Å²) in [7, 11) is 0. The zero-order valence-electron chi connectivity index (χ0n) is 11.4. The number of rotatable bonds is 5. The number of aliphatic hydroxyl groups excluding tert-OH is 1. The monoisotopic (exact) mass is 278 g/mol. The van der Waals surface area contributed by atoms with E-state index in [9.17, 15) is 5.11 Å². The number of β-amino-alcohol motifs (C(OH)–C–C–N with tert-alkyl or cyclic N) is 1. The molecule has 3 nitrogen and oxygen atoms in total. The molecule has 0 aromatic heterocycles. The Labute approximate surface area is 120 Å². The summed E-state index contributed by atoms with van der Waals surface area (Å²) in [6.07, 6.45) is 2.05. The maximum Gasteiger partial charge on any atom is 0.103 e. The Bertz CT molecular complexity index is 432. The van der Waals surface area contributed by atoms with E-state index in [1.54, 1.807) is 0 Å². The van der Waals surface area contributed by atoms with E-state index in [-0.39, 0.29) is 0 Å². The SMILES string of the molecule is CCC1CCN(CC(O)c2ccc(C(N)=S)cc2)C1. The third-order valence-corrected chi connectivity index (χ3v) is 4.19. The first-order valence-corrected chi connectivity index (χ1v) is 7.31. The highest BCUT2D eigenvalue weighted by molar-refractivity contribution is 7.80. The fourth-order valence-electron chi connectivity index (χ4n) is 2.63. The van der Waals surface area contributed by atoms with Gasteiger partial charge in [0.1, 0.15) is 4.99 Å². The Balaban J connectivity index is 1.92. The summed E-state index contributed by atoms with van der Waals surface area (Å²) in [5.41, 5.74) is 7.34. The first-order chi connectivity index (χ1) is 9.10. The lowest BCUT2D eigenvalue weighted by atomic mass is 10.1. The molecule has 1 aromatic rings. The van der Waals surface area contributed by atoms with Crippen LogP contribution in [-0.2, 0) is 0 Å². The van der Waals surface area contributed by atoms with E-state index in [1.165, 1.54) is 12.8 Å². The Hall–Kier alpha value is -0.970. The molecular formula is C15H22N2OS. The van der Waals surface area contributed by atoms with Gasteiger partial charge in [0.25, 0.3) is 0 Å². The summed E-state index contributed by atoms with van der Waals surface area (Å²) in [6, 6.07) is 7.57. The van der Waals surface area contributed by atoms with Crippen LogP contribution < -0.4 is 5.73 Å². The third kappa shape index (κ3) is 3.75. The van der Waals surface area contributed by atoms with E-state index >= 15 is 0 Å². The highest BCUT2D eigenvalue weighted by Crippen LogP contribution is 2.22. The van der Waals surface area contributed by atoms with Gasteiger partial charge in [-0.25, -0.2) is 0 Å². The molecule has 19 heavy (non-hydrogen) atoms. The van der Waals surface area contributed by atoms with E-state index < -0.39 is 6.10 Å². The molecule has 1 fully saturated rings. The van der Waals surface area contributed by atoms with Crippen molar-refractivity contribution in [2.24, 2.45) is 11.7 Å². The lowest BCUT2D eigenvalue weighted by Crippen LogP contribution is -2.26. The van der Waals surface area contributed by atoms with Gasteiger partial charge in [-0.2, -0.15) is 0 Å². The molecule has 0 bridgehead atoms. The molecule has 1 aliphatic heterocycles. The van der Waals surface area contributed by atoms with Gasteiger partial charge in [0, 0.05) is 18.7 Å². The topological polar surface area (TPSA) is 49.5 Å². The number of benzene rings is 1. The van der Waals surface area contributed by atoms with Gasteiger partial charge >= 0.3 is 0 Å². The second-order valence-corrected chi connectivity index (χ2v) is 5.76. The Morgan fingerprint density at radius 1 is 1.47 bits per heavy atom. The smallest absolute Gasteiger partial charge is 0.103 e. The average Bonchev–Trinajstić information content (AvgIpc) is 2.86. The number of likely N-dealkylation sites (tertiary alicyclic amines) is 1. The number of thiocarbonyl (C=S) groups is 1. The third-order valence-electron chi connectivity index (χ3n) is 3.96. The molecule has 1 heterocycles. The fourth-order valence-corrected chi connectivity index (χ4v) is 2.77. The molecule has 0 spiro atoms. The molecule has 1 aromatic carbocycles. The van der Waals surface area contributed by atoms with Crippen LogP contribution in [0.15, 0.2) is 24.3 Å². The van der Waals surface area contributed by atoms with Crippen molar-refractivity contribution in [3.05, 3.63) is 35.4 Å². The molecule has 0 aliphatic carbocycles. The van der Waals surface area contributed by atoms with Gasteiger partial charge in [-0.05, 0) is 24.4 Å². The molecular weight excluding hydrogens is 256 g/mol. The number of hydrogen-bond donors (Lipinski definition) is 2. The van der Waals surface area contributed by atoms with Crippen LogP contribution in [0.3, 0.4) is 0 Å². The quantitative estimate of drug-likeness (QED) is 0.810. The van der Waals surface area contributed by atoms with Crippen molar-refractivity contribution in [2.75, 3.05) is 19.6 Å². The van der Waals surface area contributed by atoms with Gasteiger partial charge < -0.3 is 15.7 Å². The van der Waals surface area contributed by atoms with Crippen LogP contribution >= 0.6 is 12.2 Å². The minimum absolute atomic E-state index is 0.395. The van der Waals surface area contributed by atoms with Crippen molar-refractivity contribution in [1.82, 2.24) is 4.90 Å². The van der Waals surface area contributed by atoms with Gasteiger partial charge in [0.2, 0.25) is 0 Å². The predicted octanol–water partition coefficient (Wildman–Crippen LogP) is 2.09. The zero-order chi connectivity index (χ0) is 13.8. The van der Waals surface area contributed by atoms with Crippen LogP contribution in [0.4, 0.5) is 0 Å². The second kappa shape index (κ2) is 6.46. The van der Waals surface area contributed by atoms with E-state index in [0.29, 0.717) is 11.5 Å². The predicted molar refractivity (Wildman–Crippen MR) is 82.1 cm³/mol. The summed E-state index contributed by atoms with van der Waals surface area (Å²) in [5.74, 6) is 0.796. The number of aliphatic hydroxyl groups is 1. The molecule has 104 valence electrons. The lowest BCUT2D eigenvalue weighted by molar-refractivity contribution is 0.124. The molecule has 2 unspecified atom stereocenters. The molecule has 3 N–H and O–H groups in total. The Morgan fingerprint density at radius 3 is 2.68 bits per heavy atom. The molecule has 4 heteroatoms. The number of hydrogen-bond acceptors (Lipinski definition) is 3. The summed E-state index contributed by atoms with van der Waals surface area (Å²) < 4.78 is 0. The number of nitrogens with two attached hydrogens (primary N) is 1. The molecule has 0 amide bonds. The molecule has 1 aliphatic rings. The molecule has 0 saturated carbocycles. The Morgan fingerprint density at radius 2 is 2.16 bits per heavy atom. The highest BCUT2D eigenvalue weighted by atomic mass is 32.1. The lowest BCUT2D eigenvalue weighted by Gasteiger charge is -2.20. The molecule has 2 rings (SSSR count). The number of nitrogens with zero attached hydrogens (tertiary/aromatic N) is 1. The van der Waals surface area contributed by atoms with E-state index in [2.05, 4.69) is 11.8 Å². The normalized spacial score (nSPS) is 21.5. The van der Waals surface area contributed by atoms with Crippen molar-refractivity contribution in [3.63, 3.8) is 0 Å². The van der Waals surface area contributed by atoms with Gasteiger partial charge in [-0.15, -0.1) is 0 Å². The van der Waals surface area contributed by atoms with Crippen molar-refractivity contribution in [1.29, 1.82) is 0 Å². The van der Waals surface area contributed by atoms with Crippen LogP contribution in [-0.4, -0.2) is 34.6 Å². The maximum atomic E-state index is 10.3. The second-order valence-electron chi connectivity index (χ2n) is 5.32. The van der Waals surface area contributed by atoms with Gasteiger partial charge in [0.05, 0.1) is 6.10 Å². The highest BCUT2D eigenvalue weighted by Gasteiger charge is 2.23. The van der Waals surface area contributed by atoms with E-state index in [1.807, 2.05) is 24.3 Å². The first kappa shape index (κ1) is 14.4. The van der Waals surface area contributed by atoms with E-state index in [4.69, 9.17) is 18.0 Å². The van der Waals surface area contributed by atoms with Crippen molar-refractivity contribution in [3.8, 4) is 0 Å². The van der Waals surface area contributed by atoms with Gasteiger partial charge in [-0.1, -0.05) is 49.8 Å². The van der Waals surface area contributed by atoms with Crippen molar-refractivity contribution < 1.29 is 5.11 Å². The summed E-state index contributed by atoms with van der Waals surface area (Å²) in [6.45, 7) is 5.15. The minimum Gasteiger partial charge on any atom is -0.389 e. The van der Waals surface area contributed by atoms with Crippen molar-refractivity contribution in [2.45, 2.75) is 25.9 Å². The molecule has 0 radical (unpaired) electrons. The van der Waals surface area contributed by atoms with E-state index in [0.717, 1.165) is 30.1 Å². The molecule has 2 atom stereocenters. The summed E-state index contributed by atoms with van der Waals surface area (Å²) >= 11 is 4.92. The maximum absolute atomic E-state index is 10.3. The summed E-state index contributed by atoms with van der Waals surface area (Å²) in [5, 5.41) is 10.3. The standard InChI is InChI=1S/C15H22N2OS/c1-2-11-7-8-17(9-11)10-14(18)12-3-5-13(6-4-12)15(16)19/h3-6,11,14,18H,2,7-10H2,1H3,(H2,16,19). The summed E-state index contributed by atoms with van der Waals surface area (Å²) in [4.78, 5) is 2.74. The van der Waals surface area contributed by atoms with Gasteiger partial charge in [0.15, 0.2) is 0 Å². The van der Waals surface area contributed by atoms with Crippen LogP contribution in [0, 0.1) is 5.92 Å².